The van der Waals surface area contributed by atoms with Crippen molar-refractivity contribution in [2.24, 2.45) is 5.92 Å². The van der Waals surface area contributed by atoms with Crippen LogP contribution < -0.4 is 10.9 Å². The van der Waals surface area contributed by atoms with E-state index in [2.05, 4.69) is 39.0 Å². The highest BCUT2D eigenvalue weighted by atomic mass is 19.1. The first-order chi connectivity index (χ1) is 14.1. The van der Waals surface area contributed by atoms with Gasteiger partial charge >= 0.3 is 0 Å². The van der Waals surface area contributed by atoms with Crippen LogP contribution in [-0.2, 0) is 11.2 Å². The number of hydrogen-bond donors (Lipinski definition) is 3. The Morgan fingerprint density at radius 1 is 1.31 bits per heavy atom. The van der Waals surface area contributed by atoms with Crippen LogP contribution in [-0.4, -0.2) is 34.2 Å². The number of H-pyrrole nitrogens is 1. The molecule has 6 nitrogen and oxygen atoms in total. The molecule has 1 aliphatic rings. The maximum absolute atomic E-state index is 12.5. The zero-order chi connectivity index (χ0) is 20.6. The molecule has 3 rings (SSSR count). The first-order valence-electron chi connectivity index (χ1n) is 9.26. The van der Waals surface area contributed by atoms with Crippen LogP contribution in [0.2, 0.25) is 0 Å². The summed E-state index contributed by atoms with van der Waals surface area (Å²) in [5, 5.41) is 12.5. The predicted octanol–water partition coefficient (Wildman–Crippen LogP) is 1.65. The Morgan fingerprint density at radius 2 is 2.07 bits per heavy atom. The van der Waals surface area contributed by atoms with E-state index in [4.69, 9.17) is 0 Å². The normalized spacial score (nSPS) is 13.4. The average Bonchev–Trinajstić information content (AvgIpc) is 3.56. The maximum Gasteiger partial charge on any atom is 0.293 e. The molecule has 1 aromatic heterocycles. The van der Waals surface area contributed by atoms with Crippen LogP contribution in [0.4, 0.5) is 4.39 Å². The van der Waals surface area contributed by atoms with Crippen molar-refractivity contribution < 1.29 is 14.3 Å². The summed E-state index contributed by atoms with van der Waals surface area (Å²) in [6.07, 6.45) is 3.89. The van der Waals surface area contributed by atoms with Crippen molar-refractivity contribution in [1.82, 2.24) is 15.3 Å². The van der Waals surface area contributed by atoms with Gasteiger partial charge in [-0.25, -0.2) is 9.37 Å². The van der Waals surface area contributed by atoms with E-state index in [9.17, 15) is 19.1 Å². The van der Waals surface area contributed by atoms with Gasteiger partial charge in [0.2, 0.25) is 5.75 Å². The number of nitrogens with zero attached hydrogens (tertiary/aromatic N) is 1. The summed E-state index contributed by atoms with van der Waals surface area (Å²) in [4.78, 5) is 29.3. The molecule has 148 valence electrons. The zero-order valence-electron chi connectivity index (χ0n) is 15.7. The van der Waals surface area contributed by atoms with Crippen molar-refractivity contribution in [2.75, 3.05) is 13.2 Å². The molecule has 1 amide bonds. The molecular weight excluding hydrogens is 373 g/mol. The molecule has 1 fully saturated rings. The Labute approximate surface area is 167 Å². The van der Waals surface area contributed by atoms with Crippen molar-refractivity contribution in [3.05, 3.63) is 57.8 Å². The minimum absolute atomic E-state index is 0.0328. The average molecular weight is 393 g/mol. The first kappa shape index (κ1) is 20.2. The molecule has 0 bridgehead atoms. The lowest BCUT2D eigenvalue weighted by molar-refractivity contribution is -0.122. The van der Waals surface area contributed by atoms with Crippen molar-refractivity contribution >= 4 is 5.91 Å². The molecule has 1 aromatic carbocycles. The van der Waals surface area contributed by atoms with E-state index < -0.39 is 29.8 Å². The topological polar surface area (TPSA) is 95.1 Å². The van der Waals surface area contributed by atoms with Crippen LogP contribution in [0.1, 0.15) is 35.6 Å². The number of rotatable bonds is 6. The van der Waals surface area contributed by atoms with E-state index in [1.165, 1.54) is 6.33 Å². The Balaban J connectivity index is 1.74. The molecule has 1 heterocycles. The summed E-state index contributed by atoms with van der Waals surface area (Å²) in [7, 11) is 0. The van der Waals surface area contributed by atoms with Crippen LogP contribution in [0.25, 0.3) is 0 Å². The summed E-state index contributed by atoms with van der Waals surface area (Å²) >= 11 is 0. The van der Waals surface area contributed by atoms with Crippen LogP contribution in [0.15, 0.2) is 35.4 Å². The number of aromatic nitrogens is 2. The van der Waals surface area contributed by atoms with Gasteiger partial charge < -0.3 is 15.4 Å². The first-order valence-corrected chi connectivity index (χ1v) is 9.26. The van der Waals surface area contributed by atoms with Gasteiger partial charge in [-0.1, -0.05) is 24.0 Å². The molecule has 29 heavy (non-hydrogen) atoms. The Morgan fingerprint density at radius 3 is 2.76 bits per heavy atom. The second kappa shape index (κ2) is 9.57. The number of aromatic amines is 1. The Hall–Kier alpha value is -3.58. The predicted molar refractivity (Wildman–Crippen MR) is 106 cm³/mol. The molecule has 1 atom stereocenters. The minimum Gasteiger partial charge on any atom is -0.502 e. The van der Waals surface area contributed by atoms with E-state index in [-0.39, 0.29) is 12.2 Å². The smallest absolute Gasteiger partial charge is 0.293 e. The summed E-state index contributed by atoms with van der Waals surface area (Å²) in [6, 6.07) is 7.44. The summed E-state index contributed by atoms with van der Waals surface area (Å²) in [5.74, 6) is 10.5. The third kappa shape index (κ3) is 5.95. The molecule has 1 aliphatic carbocycles. The number of halogens is 1. The molecule has 0 radical (unpaired) electrons. The third-order valence-corrected chi connectivity index (χ3v) is 4.47. The second-order valence-electron chi connectivity index (χ2n) is 6.79. The molecule has 1 unspecified atom stereocenters. The molecule has 0 aliphatic heterocycles. The van der Waals surface area contributed by atoms with Gasteiger partial charge in [-0.05, 0) is 48.8 Å². The fraction of sp³-hybridized carbons (Fsp3) is 0.318. The lowest BCUT2D eigenvalue weighted by atomic mass is 9.94. The van der Waals surface area contributed by atoms with Gasteiger partial charge in [-0.15, -0.1) is 0 Å². The van der Waals surface area contributed by atoms with E-state index >= 15 is 0 Å². The Bertz CT molecular complexity index is 1050. The summed E-state index contributed by atoms with van der Waals surface area (Å²) < 4.78 is 12.5. The number of aromatic hydroxyl groups is 1. The molecular formula is C22H20FN3O3. The maximum atomic E-state index is 12.5. The summed E-state index contributed by atoms with van der Waals surface area (Å²) in [6.45, 7) is -1.11. The standard InChI is InChI=1S/C22H20FN3O3/c23-12-19(27)24-13-18(20-21(28)22(29)26-14-25-20)11-17-9-7-16(8-10-17)4-2-1-3-15-5-6-15/h7-10,14-15,18,28H,5-6,11-13H2,(H,24,27)(H,25,26,29). The molecule has 2 aromatic rings. The highest BCUT2D eigenvalue weighted by Gasteiger charge is 2.21. The number of amides is 1. The van der Waals surface area contributed by atoms with Gasteiger partial charge in [0.1, 0.15) is 0 Å². The van der Waals surface area contributed by atoms with Gasteiger partial charge in [0.15, 0.2) is 6.67 Å². The van der Waals surface area contributed by atoms with Crippen molar-refractivity contribution in [3.63, 3.8) is 0 Å². The fourth-order valence-electron chi connectivity index (χ4n) is 2.73. The monoisotopic (exact) mass is 393 g/mol. The SMILES string of the molecule is O=C(CF)NCC(Cc1ccc(C#CC#CC2CC2)cc1)c1nc[nH]c(=O)c1O. The highest BCUT2D eigenvalue weighted by Crippen LogP contribution is 2.27. The lowest BCUT2D eigenvalue weighted by Crippen LogP contribution is -2.31. The van der Waals surface area contributed by atoms with Gasteiger partial charge in [0.25, 0.3) is 11.5 Å². The van der Waals surface area contributed by atoms with Crippen LogP contribution in [0.5, 0.6) is 5.75 Å². The molecule has 7 heteroatoms. The number of hydrogen-bond acceptors (Lipinski definition) is 4. The zero-order valence-corrected chi connectivity index (χ0v) is 15.7. The summed E-state index contributed by atoms with van der Waals surface area (Å²) in [5.41, 5.74) is 1.18. The highest BCUT2D eigenvalue weighted by molar-refractivity contribution is 5.77. The third-order valence-electron chi connectivity index (χ3n) is 4.47. The van der Waals surface area contributed by atoms with Gasteiger partial charge in [-0.3, -0.25) is 9.59 Å². The molecule has 3 N–H and O–H groups in total. The Kier molecular flexibility index (Phi) is 6.65. The van der Waals surface area contributed by atoms with Crippen LogP contribution in [0.3, 0.4) is 0 Å². The molecule has 0 spiro atoms. The number of alkyl halides is 1. The van der Waals surface area contributed by atoms with Crippen molar-refractivity contribution in [3.8, 4) is 29.4 Å². The van der Waals surface area contributed by atoms with Gasteiger partial charge in [-0.2, -0.15) is 0 Å². The lowest BCUT2D eigenvalue weighted by Gasteiger charge is -2.17. The number of nitrogens with one attached hydrogen (secondary N) is 2. The minimum atomic E-state index is -1.14. The fourth-order valence-corrected chi connectivity index (χ4v) is 2.73. The number of carbonyl (C=O) groups excluding carboxylic acids is 1. The van der Waals surface area contributed by atoms with E-state index in [0.29, 0.717) is 12.3 Å². The second-order valence-corrected chi connectivity index (χ2v) is 6.79. The van der Waals surface area contributed by atoms with Crippen molar-refractivity contribution in [2.45, 2.75) is 25.2 Å². The number of carbonyl (C=O) groups is 1. The largest absolute Gasteiger partial charge is 0.502 e. The van der Waals surface area contributed by atoms with Gasteiger partial charge in [0, 0.05) is 23.9 Å². The van der Waals surface area contributed by atoms with E-state index in [0.717, 1.165) is 24.0 Å². The molecule has 0 saturated heterocycles. The van der Waals surface area contributed by atoms with E-state index in [1.54, 1.807) is 0 Å². The quantitative estimate of drug-likeness (QED) is 0.651. The van der Waals surface area contributed by atoms with Gasteiger partial charge in [0.05, 0.1) is 12.0 Å². The van der Waals surface area contributed by atoms with Crippen LogP contribution in [0, 0.1) is 29.6 Å². The molecule has 1 saturated carbocycles. The van der Waals surface area contributed by atoms with Crippen LogP contribution >= 0.6 is 0 Å². The van der Waals surface area contributed by atoms with E-state index in [1.807, 2.05) is 24.3 Å². The van der Waals surface area contributed by atoms with Crippen molar-refractivity contribution in [1.29, 1.82) is 0 Å². The number of benzene rings is 1.